The molecule has 1 fully saturated rings. The third kappa shape index (κ3) is 5.27. The van der Waals surface area contributed by atoms with Crippen LogP contribution in [0.4, 0.5) is 0 Å². The summed E-state index contributed by atoms with van der Waals surface area (Å²) in [6.07, 6.45) is 4.57. The Morgan fingerprint density at radius 3 is 3.00 bits per heavy atom. The van der Waals surface area contributed by atoms with Crippen molar-refractivity contribution >= 4 is 17.7 Å². The highest BCUT2D eigenvalue weighted by Crippen LogP contribution is 2.19. The molecule has 1 amide bonds. The molecular weight excluding hydrogens is 340 g/mol. The summed E-state index contributed by atoms with van der Waals surface area (Å²) in [6, 6.07) is 5.72. The van der Waals surface area contributed by atoms with Crippen molar-refractivity contribution in [2.75, 3.05) is 18.9 Å². The maximum absolute atomic E-state index is 12.7. The molecule has 134 valence electrons. The lowest BCUT2D eigenvalue weighted by atomic mass is 10.2. The first kappa shape index (κ1) is 17.9. The first-order valence-electron chi connectivity index (χ1n) is 8.49. The molecule has 1 saturated heterocycles. The molecule has 7 nitrogen and oxygen atoms in total. The molecule has 1 aliphatic rings. The second-order valence-electron chi connectivity index (χ2n) is 5.83. The zero-order chi connectivity index (χ0) is 17.5. The maximum atomic E-state index is 12.7. The summed E-state index contributed by atoms with van der Waals surface area (Å²) in [4.78, 5) is 18.9. The molecule has 1 aliphatic heterocycles. The van der Waals surface area contributed by atoms with Gasteiger partial charge in [0.25, 0.3) is 5.22 Å². The quantitative estimate of drug-likeness (QED) is 0.667. The lowest BCUT2D eigenvalue weighted by molar-refractivity contribution is -0.130. The van der Waals surface area contributed by atoms with Gasteiger partial charge in [0, 0.05) is 25.8 Å². The smallest absolute Gasteiger partial charge is 0.277 e. The highest BCUT2D eigenvalue weighted by molar-refractivity contribution is 7.99. The number of nitrogens with zero attached hydrogens (tertiary/aromatic N) is 4. The van der Waals surface area contributed by atoms with Crippen LogP contribution in [-0.4, -0.2) is 51.0 Å². The summed E-state index contributed by atoms with van der Waals surface area (Å²) in [5.41, 5.74) is 0.866. The first-order chi connectivity index (χ1) is 12.2. The van der Waals surface area contributed by atoms with Gasteiger partial charge >= 0.3 is 0 Å². The van der Waals surface area contributed by atoms with Gasteiger partial charge in [0.05, 0.1) is 24.1 Å². The number of carbonyl (C=O) groups is 1. The Bertz CT molecular complexity index is 674. The Labute approximate surface area is 151 Å². The number of rotatable bonds is 8. The monoisotopic (exact) mass is 362 g/mol. The van der Waals surface area contributed by atoms with E-state index in [1.54, 1.807) is 6.20 Å². The van der Waals surface area contributed by atoms with Gasteiger partial charge < -0.3 is 14.1 Å². The zero-order valence-electron chi connectivity index (χ0n) is 14.3. The van der Waals surface area contributed by atoms with Gasteiger partial charge in [-0.15, -0.1) is 10.2 Å². The lowest BCUT2D eigenvalue weighted by Gasteiger charge is -2.25. The summed E-state index contributed by atoms with van der Waals surface area (Å²) in [7, 11) is 0. The van der Waals surface area contributed by atoms with E-state index in [9.17, 15) is 4.79 Å². The fraction of sp³-hybridized carbons (Fsp3) is 0.529. The minimum Gasteiger partial charge on any atom is -0.416 e. The molecule has 0 bridgehead atoms. The molecule has 0 spiro atoms. The molecule has 0 aromatic carbocycles. The predicted molar refractivity (Wildman–Crippen MR) is 93.0 cm³/mol. The molecular formula is C17H22N4O3S. The van der Waals surface area contributed by atoms with Crippen LogP contribution in [0.25, 0.3) is 0 Å². The Balaban J connectivity index is 1.60. The third-order valence-electron chi connectivity index (χ3n) is 3.95. The number of carbonyl (C=O) groups excluding carboxylic acids is 1. The van der Waals surface area contributed by atoms with E-state index < -0.39 is 0 Å². The maximum Gasteiger partial charge on any atom is 0.277 e. The van der Waals surface area contributed by atoms with Crippen LogP contribution in [0.2, 0.25) is 0 Å². The van der Waals surface area contributed by atoms with Gasteiger partial charge in [-0.2, -0.15) is 0 Å². The van der Waals surface area contributed by atoms with Gasteiger partial charge in [0.2, 0.25) is 11.8 Å². The Morgan fingerprint density at radius 1 is 1.40 bits per heavy atom. The van der Waals surface area contributed by atoms with Crippen LogP contribution in [0.1, 0.15) is 31.4 Å². The average Bonchev–Trinajstić information content (AvgIpc) is 3.31. The van der Waals surface area contributed by atoms with E-state index in [2.05, 4.69) is 15.2 Å². The van der Waals surface area contributed by atoms with Gasteiger partial charge in [-0.25, -0.2) is 0 Å². The molecule has 1 atom stereocenters. The summed E-state index contributed by atoms with van der Waals surface area (Å²) in [5, 5.41) is 8.29. The molecule has 8 heteroatoms. The lowest BCUT2D eigenvalue weighted by Crippen LogP contribution is -2.38. The normalized spacial score (nSPS) is 16.9. The highest BCUT2D eigenvalue weighted by Gasteiger charge is 2.23. The van der Waals surface area contributed by atoms with Gasteiger partial charge in [-0.05, 0) is 25.0 Å². The molecule has 3 heterocycles. The van der Waals surface area contributed by atoms with Crippen molar-refractivity contribution in [1.29, 1.82) is 0 Å². The van der Waals surface area contributed by atoms with Gasteiger partial charge in [-0.3, -0.25) is 9.78 Å². The van der Waals surface area contributed by atoms with Crippen molar-refractivity contribution in [3.63, 3.8) is 0 Å². The number of aryl methyl sites for hydroxylation is 1. The van der Waals surface area contributed by atoms with Crippen LogP contribution in [0, 0.1) is 0 Å². The fourth-order valence-corrected chi connectivity index (χ4v) is 3.31. The number of ether oxygens (including phenoxy) is 1. The molecule has 0 radical (unpaired) electrons. The second-order valence-corrected chi connectivity index (χ2v) is 6.76. The SMILES string of the molecule is CCc1nnc(SCC(=O)N(Cc2ccccn2)CC2CCCO2)o1. The number of hydrogen-bond donors (Lipinski definition) is 0. The van der Waals surface area contributed by atoms with Crippen molar-refractivity contribution < 1.29 is 13.9 Å². The summed E-state index contributed by atoms with van der Waals surface area (Å²) < 4.78 is 11.1. The molecule has 1 unspecified atom stereocenters. The standard InChI is InChI=1S/C17H22N4O3S/c1-2-15-19-20-17(24-15)25-12-16(22)21(11-14-7-5-9-23-14)10-13-6-3-4-8-18-13/h3-4,6,8,14H,2,5,7,9-12H2,1H3. The highest BCUT2D eigenvalue weighted by atomic mass is 32.2. The summed E-state index contributed by atoms with van der Waals surface area (Å²) in [5.74, 6) is 0.854. The molecule has 2 aromatic rings. The number of pyridine rings is 1. The van der Waals surface area contributed by atoms with E-state index in [4.69, 9.17) is 9.15 Å². The van der Waals surface area contributed by atoms with E-state index in [0.717, 1.165) is 25.1 Å². The number of amides is 1. The van der Waals surface area contributed by atoms with E-state index in [1.165, 1.54) is 11.8 Å². The molecule has 3 rings (SSSR count). The average molecular weight is 362 g/mol. The summed E-state index contributed by atoms with van der Waals surface area (Å²) in [6.45, 7) is 3.78. The van der Waals surface area contributed by atoms with Crippen LogP contribution in [0.3, 0.4) is 0 Å². The predicted octanol–water partition coefficient (Wildman–Crippen LogP) is 2.33. The van der Waals surface area contributed by atoms with Crippen molar-refractivity contribution in [3.8, 4) is 0 Å². The molecule has 0 aliphatic carbocycles. The van der Waals surface area contributed by atoms with E-state index in [0.29, 0.717) is 30.6 Å². The van der Waals surface area contributed by atoms with E-state index in [-0.39, 0.29) is 17.8 Å². The minimum absolute atomic E-state index is 0.0161. The van der Waals surface area contributed by atoms with Crippen LogP contribution >= 0.6 is 11.8 Å². The van der Waals surface area contributed by atoms with Gasteiger partial charge in [0.1, 0.15) is 0 Å². The van der Waals surface area contributed by atoms with Crippen molar-refractivity contribution in [2.45, 2.75) is 44.1 Å². The summed E-state index contributed by atoms with van der Waals surface area (Å²) >= 11 is 1.27. The second kappa shape index (κ2) is 8.96. The molecule has 25 heavy (non-hydrogen) atoms. The Kier molecular flexibility index (Phi) is 6.41. The van der Waals surface area contributed by atoms with Crippen LogP contribution in [0.15, 0.2) is 34.0 Å². The minimum atomic E-state index is 0.0161. The van der Waals surface area contributed by atoms with Crippen LogP contribution < -0.4 is 0 Å². The molecule has 2 aromatic heterocycles. The number of aromatic nitrogens is 3. The molecule has 0 N–H and O–H groups in total. The van der Waals surface area contributed by atoms with E-state index >= 15 is 0 Å². The van der Waals surface area contributed by atoms with Gasteiger partial charge in [-0.1, -0.05) is 24.8 Å². The van der Waals surface area contributed by atoms with Crippen LogP contribution in [-0.2, 0) is 22.5 Å². The Morgan fingerprint density at radius 2 is 2.32 bits per heavy atom. The first-order valence-corrected chi connectivity index (χ1v) is 9.47. The van der Waals surface area contributed by atoms with E-state index in [1.807, 2.05) is 30.0 Å². The molecule has 0 saturated carbocycles. The van der Waals surface area contributed by atoms with Gasteiger partial charge in [0.15, 0.2) is 0 Å². The van der Waals surface area contributed by atoms with Crippen molar-refractivity contribution in [2.24, 2.45) is 0 Å². The Hall–Kier alpha value is -1.93. The largest absolute Gasteiger partial charge is 0.416 e. The number of thioether (sulfide) groups is 1. The van der Waals surface area contributed by atoms with Crippen LogP contribution in [0.5, 0.6) is 0 Å². The fourth-order valence-electron chi connectivity index (χ4n) is 2.63. The third-order valence-corrected chi connectivity index (χ3v) is 4.75. The topological polar surface area (TPSA) is 81.4 Å². The number of hydrogen-bond acceptors (Lipinski definition) is 7. The zero-order valence-corrected chi connectivity index (χ0v) is 15.1. The van der Waals surface area contributed by atoms with Crippen molar-refractivity contribution in [1.82, 2.24) is 20.1 Å². The van der Waals surface area contributed by atoms with Crippen molar-refractivity contribution in [3.05, 3.63) is 36.0 Å².